The highest BCUT2D eigenvalue weighted by molar-refractivity contribution is 7.15. The SMILES string of the molecule is CC(C)c1csc2nc(-c3ccccn3)c(CC#N)n12. The number of thiazole rings is 1. The van der Waals surface area contributed by atoms with E-state index in [-0.39, 0.29) is 0 Å². The summed E-state index contributed by atoms with van der Waals surface area (Å²) in [4.78, 5) is 9.96. The van der Waals surface area contributed by atoms with Crippen LogP contribution in [0.2, 0.25) is 0 Å². The minimum Gasteiger partial charge on any atom is -0.290 e. The number of hydrogen-bond donors (Lipinski definition) is 0. The van der Waals surface area contributed by atoms with Gasteiger partial charge in [-0.3, -0.25) is 9.38 Å². The molecule has 0 atom stereocenters. The van der Waals surface area contributed by atoms with Crippen molar-refractivity contribution in [1.82, 2.24) is 14.4 Å². The maximum atomic E-state index is 9.13. The van der Waals surface area contributed by atoms with E-state index in [0.717, 1.165) is 22.0 Å². The Bertz CT molecular complexity index is 777. The standard InChI is InChI=1S/C15H14N4S/c1-10(2)13-9-20-15-18-14(11-5-3-4-8-17-11)12(6-7-16)19(13)15/h3-5,8-10H,6H2,1-2H3. The first-order valence-corrected chi connectivity index (χ1v) is 7.37. The number of rotatable bonds is 3. The predicted molar refractivity (Wildman–Crippen MR) is 79.7 cm³/mol. The zero-order valence-electron chi connectivity index (χ0n) is 11.4. The number of hydrogen-bond acceptors (Lipinski definition) is 4. The first-order valence-electron chi connectivity index (χ1n) is 6.49. The molecule has 20 heavy (non-hydrogen) atoms. The summed E-state index contributed by atoms with van der Waals surface area (Å²) in [6.07, 6.45) is 2.09. The van der Waals surface area contributed by atoms with Crippen LogP contribution in [0.15, 0.2) is 29.8 Å². The van der Waals surface area contributed by atoms with Crippen LogP contribution in [0.5, 0.6) is 0 Å². The highest BCUT2D eigenvalue weighted by atomic mass is 32.1. The van der Waals surface area contributed by atoms with Crippen LogP contribution < -0.4 is 0 Å². The van der Waals surface area contributed by atoms with Crippen molar-refractivity contribution in [3.05, 3.63) is 41.2 Å². The topological polar surface area (TPSA) is 54.0 Å². The molecule has 3 aromatic rings. The second-order valence-electron chi connectivity index (χ2n) is 4.89. The van der Waals surface area contributed by atoms with Crippen LogP contribution in [0, 0.1) is 11.3 Å². The molecule has 0 radical (unpaired) electrons. The fourth-order valence-corrected chi connectivity index (χ4v) is 3.35. The Labute approximate surface area is 121 Å². The van der Waals surface area contributed by atoms with E-state index >= 15 is 0 Å². The fraction of sp³-hybridized carbons (Fsp3) is 0.267. The Morgan fingerprint density at radius 3 is 2.90 bits per heavy atom. The molecule has 0 amide bonds. The van der Waals surface area contributed by atoms with Crippen LogP contribution in [0.4, 0.5) is 0 Å². The fourth-order valence-electron chi connectivity index (χ4n) is 2.28. The normalized spacial score (nSPS) is 11.1. The first-order chi connectivity index (χ1) is 9.72. The van der Waals surface area contributed by atoms with Gasteiger partial charge in [0.25, 0.3) is 0 Å². The van der Waals surface area contributed by atoms with Crippen molar-refractivity contribution in [3.8, 4) is 17.5 Å². The molecule has 0 aliphatic carbocycles. The summed E-state index contributed by atoms with van der Waals surface area (Å²) in [7, 11) is 0. The summed E-state index contributed by atoms with van der Waals surface area (Å²) in [6, 6.07) is 8.00. The van der Waals surface area contributed by atoms with Crippen molar-refractivity contribution < 1.29 is 0 Å². The molecule has 0 unspecified atom stereocenters. The van der Waals surface area contributed by atoms with Gasteiger partial charge in [0, 0.05) is 17.3 Å². The maximum Gasteiger partial charge on any atom is 0.194 e. The van der Waals surface area contributed by atoms with Crippen molar-refractivity contribution in [2.24, 2.45) is 0 Å². The van der Waals surface area contributed by atoms with E-state index in [1.54, 1.807) is 17.5 Å². The molecule has 0 spiro atoms. The van der Waals surface area contributed by atoms with Gasteiger partial charge >= 0.3 is 0 Å². The van der Waals surface area contributed by atoms with Crippen molar-refractivity contribution in [1.29, 1.82) is 5.26 Å². The van der Waals surface area contributed by atoms with Gasteiger partial charge in [0.2, 0.25) is 0 Å². The van der Waals surface area contributed by atoms with E-state index in [0.29, 0.717) is 12.3 Å². The molecule has 0 fully saturated rings. The molecule has 5 heteroatoms. The van der Waals surface area contributed by atoms with E-state index in [1.165, 1.54) is 5.69 Å². The van der Waals surface area contributed by atoms with Crippen LogP contribution >= 0.6 is 11.3 Å². The minimum absolute atomic E-state index is 0.337. The lowest BCUT2D eigenvalue weighted by molar-refractivity contribution is 0.799. The summed E-state index contributed by atoms with van der Waals surface area (Å²) >= 11 is 1.61. The van der Waals surface area contributed by atoms with Crippen LogP contribution in [0.3, 0.4) is 0 Å². The zero-order chi connectivity index (χ0) is 14.1. The molecule has 3 rings (SSSR count). The summed E-state index contributed by atoms with van der Waals surface area (Å²) in [5.41, 5.74) is 3.78. The van der Waals surface area contributed by atoms with Crippen molar-refractivity contribution in [2.75, 3.05) is 0 Å². The summed E-state index contributed by atoms with van der Waals surface area (Å²) in [5, 5.41) is 11.2. The highest BCUT2D eigenvalue weighted by Gasteiger charge is 2.19. The third-order valence-corrected chi connectivity index (χ3v) is 4.07. The number of imidazole rings is 1. The van der Waals surface area contributed by atoms with Gasteiger partial charge in [-0.2, -0.15) is 5.26 Å². The lowest BCUT2D eigenvalue weighted by atomic mass is 10.1. The monoisotopic (exact) mass is 282 g/mol. The van der Waals surface area contributed by atoms with Gasteiger partial charge in [0.1, 0.15) is 5.69 Å². The summed E-state index contributed by atoms with van der Waals surface area (Å²) in [5.74, 6) is 0.395. The molecule has 0 aliphatic rings. The molecule has 0 aromatic carbocycles. The second-order valence-corrected chi connectivity index (χ2v) is 5.73. The molecular formula is C15H14N4S. The Hall–Kier alpha value is -2.19. The van der Waals surface area contributed by atoms with Gasteiger partial charge in [-0.25, -0.2) is 4.98 Å². The summed E-state index contributed by atoms with van der Waals surface area (Å²) in [6.45, 7) is 4.30. The lowest BCUT2D eigenvalue weighted by Crippen LogP contribution is -1.99. The van der Waals surface area contributed by atoms with Gasteiger partial charge < -0.3 is 0 Å². The van der Waals surface area contributed by atoms with Crippen LogP contribution in [-0.2, 0) is 6.42 Å². The third kappa shape index (κ3) is 1.98. The number of fused-ring (bicyclic) bond motifs is 1. The van der Waals surface area contributed by atoms with Gasteiger partial charge in [-0.15, -0.1) is 11.3 Å². The van der Waals surface area contributed by atoms with Gasteiger partial charge in [0.15, 0.2) is 4.96 Å². The van der Waals surface area contributed by atoms with E-state index in [1.807, 2.05) is 18.2 Å². The van der Waals surface area contributed by atoms with Crippen molar-refractivity contribution in [2.45, 2.75) is 26.2 Å². The Morgan fingerprint density at radius 2 is 2.25 bits per heavy atom. The third-order valence-electron chi connectivity index (χ3n) is 3.23. The van der Waals surface area contributed by atoms with E-state index in [9.17, 15) is 0 Å². The van der Waals surface area contributed by atoms with Crippen LogP contribution in [0.25, 0.3) is 16.3 Å². The van der Waals surface area contributed by atoms with Gasteiger partial charge in [0.05, 0.1) is 23.9 Å². The average Bonchev–Trinajstić information content (AvgIpc) is 3.00. The quantitative estimate of drug-likeness (QED) is 0.737. The molecule has 0 aliphatic heterocycles. The summed E-state index contributed by atoms with van der Waals surface area (Å²) < 4.78 is 2.11. The van der Waals surface area contributed by atoms with Crippen molar-refractivity contribution in [3.63, 3.8) is 0 Å². The Morgan fingerprint density at radius 1 is 1.40 bits per heavy atom. The molecule has 100 valence electrons. The molecule has 0 bridgehead atoms. The lowest BCUT2D eigenvalue weighted by Gasteiger charge is -2.06. The van der Waals surface area contributed by atoms with Gasteiger partial charge in [-0.1, -0.05) is 19.9 Å². The van der Waals surface area contributed by atoms with E-state index in [2.05, 4.69) is 39.7 Å². The number of nitriles is 1. The second kappa shape index (κ2) is 5.06. The average molecular weight is 282 g/mol. The molecule has 4 nitrogen and oxygen atoms in total. The van der Waals surface area contributed by atoms with Crippen LogP contribution in [0.1, 0.15) is 31.2 Å². The molecule has 3 heterocycles. The maximum absolute atomic E-state index is 9.13. The first kappa shape index (κ1) is 12.8. The van der Waals surface area contributed by atoms with E-state index in [4.69, 9.17) is 5.26 Å². The smallest absolute Gasteiger partial charge is 0.194 e. The highest BCUT2D eigenvalue weighted by Crippen LogP contribution is 2.30. The molecular weight excluding hydrogens is 268 g/mol. The Kier molecular flexibility index (Phi) is 3.25. The van der Waals surface area contributed by atoms with Crippen LogP contribution in [-0.4, -0.2) is 14.4 Å². The number of pyridine rings is 1. The largest absolute Gasteiger partial charge is 0.290 e. The number of aromatic nitrogens is 3. The molecule has 0 N–H and O–H groups in total. The van der Waals surface area contributed by atoms with Crippen molar-refractivity contribution >= 4 is 16.3 Å². The Balaban J connectivity index is 2.28. The number of nitrogens with zero attached hydrogens (tertiary/aromatic N) is 4. The molecule has 3 aromatic heterocycles. The minimum atomic E-state index is 0.337. The zero-order valence-corrected chi connectivity index (χ0v) is 12.2. The predicted octanol–water partition coefficient (Wildman–Crippen LogP) is 3.65. The van der Waals surface area contributed by atoms with Gasteiger partial charge in [-0.05, 0) is 18.1 Å². The molecule has 0 saturated carbocycles. The van der Waals surface area contributed by atoms with E-state index < -0.39 is 0 Å². The molecule has 0 saturated heterocycles.